The van der Waals surface area contributed by atoms with Gasteiger partial charge in [-0.2, -0.15) is 0 Å². The number of esters is 1. The van der Waals surface area contributed by atoms with Crippen LogP contribution in [-0.2, 0) is 9.53 Å². The molecule has 1 unspecified atom stereocenters. The largest absolute Gasteiger partial charge is 0.469 e. The Morgan fingerprint density at radius 3 is 2.68 bits per heavy atom. The van der Waals surface area contributed by atoms with E-state index in [0.717, 1.165) is 0 Å². The highest BCUT2D eigenvalue weighted by Gasteiger charge is 2.22. The number of ether oxygens (including phenoxy) is 1. The van der Waals surface area contributed by atoms with Gasteiger partial charge in [0.05, 0.1) is 30.6 Å². The molecular weight excluding hydrogens is 392 g/mol. The highest BCUT2D eigenvalue weighted by molar-refractivity contribution is 6.31. The summed E-state index contributed by atoms with van der Waals surface area (Å²) in [6.07, 6.45) is -2.86. The highest BCUT2D eigenvalue weighted by Crippen LogP contribution is 2.26. The van der Waals surface area contributed by atoms with Crippen molar-refractivity contribution in [3.05, 3.63) is 64.4 Å². The topological polar surface area (TPSA) is 84.1 Å². The molecule has 0 aliphatic rings. The van der Waals surface area contributed by atoms with Gasteiger partial charge in [0.25, 0.3) is 12.3 Å². The van der Waals surface area contributed by atoms with Crippen LogP contribution in [0, 0.1) is 0 Å². The average Bonchev–Trinajstić information content (AvgIpc) is 3.11. The lowest BCUT2D eigenvalue weighted by Crippen LogP contribution is -2.30. The van der Waals surface area contributed by atoms with Crippen LogP contribution in [0.4, 0.5) is 8.78 Å². The summed E-state index contributed by atoms with van der Waals surface area (Å²) < 4.78 is 30.3. The zero-order chi connectivity index (χ0) is 20.3. The molecular formula is C19H16ClF2N3O3. The van der Waals surface area contributed by atoms with Crippen molar-refractivity contribution in [1.82, 2.24) is 15.3 Å². The maximum Gasteiger partial charge on any atom is 0.307 e. The molecule has 9 heteroatoms. The smallest absolute Gasteiger partial charge is 0.307 e. The Labute approximate surface area is 163 Å². The van der Waals surface area contributed by atoms with Crippen LogP contribution in [0.1, 0.15) is 40.6 Å². The van der Waals surface area contributed by atoms with E-state index in [9.17, 15) is 18.4 Å². The van der Waals surface area contributed by atoms with Crippen molar-refractivity contribution in [2.75, 3.05) is 7.11 Å². The summed E-state index contributed by atoms with van der Waals surface area (Å²) in [5, 5.41) is 3.13. The first-order chi connectivity index (χ1) is 13.4. The second kappa shape index (κ2) is 8.35. The van der Waals surface area contributed by atoms with Gasteiger partial charge >= 0.3 is 5.97 Å². The number of hydrogen-bond donors (Lipinski definition) is 2. The molecule has 1 heterocycles. The number of fused-ring (bicyclic) bond motifs is 1. The van der Waals surface area contributed by atoms with Gasteiger partial charge in [0.2, 0.25) is 0 Å². The number of hydrogen-bond acceptors (Lipinski definition) is 4. The Bertz CT molecular complexity index is 1020. The third-order valence-electron chi connectivity index (χ3n) is 4.15. The molecule has 0 aliphatic heterocycles. The van der Waals surface area contributed by atoms with E-state index >= 15 is 0 Å². The van der Waals surface area contributed by atoms with Gasteiger partial charge in [0, 0.05) is 10.6 Å². The number of aromatic amines is 1. The number of nitrogens with zero attached hydrogens (tertiary/aromatic N) is 1. The van der Waals surface area contributed by atoms with Crippen molar-refractivity contribution >= 4 is 34.5 Å². The quantitative estimate of drug-likeness (QED) is 0.600. The number of aromatic nitrogens is 2. The first-order valence-corrected chi connectivity index (χ1v) is 8.66. The number of methoxy groups -OCH3 is 1. The Morgan fingerprint density at radius 2 is 2.00 bits per heavy atom. The Kier molecular flexibility index (Phi) is 5.89. The first-order valence-electron chi connectivity index (χ1n) is 8.29. The Balaban J connectivity index is 1.87. The molecule has 2 aromatic carbocycles. The molecule has 3 rings (SSSR count). The van der Waals surface area contributed by atoms with Gasteiger partial charge in [0.15, 0.2) is 5.82 Å². The molecule has 1 atom stereocenters. The molecule has 28 heavy (non-hydrogen) atoms. The van der Waals surface area contributed by atoms with Gasteiger partial charge in [0.1, 0.15) is 0 Å². The van der Waals surface area contributed by atoms with E-state index in [-0.39, 0.29) is 12.0 Å². The monoisotopic (exact) mass is 407 g/mol. The Morgan fingerprint density at radius 1 is 1.25 bits per heavy atom. The minimum Gasteiger partial charge on any atom is -0.469 e. The standard InChI is InChI=1S/C19H16ClF2N3O3/c1-28-16(26)9-14(11-4-2-3-5-12(11)20)25-19(27)10-6-7-13-15(8-10)24-18(23-13)17(21)22/h2-8,14,17H,9H2,1H3,(H,23,24)(H,25,27). The van der Waals surface area contributed by atoms with E-state index in [1.54, 1.807) is 24.3 Å². The molecule has 1 amide bonds. The van der Waals surface area contributed by atoms with Crippen LogP contribution in [0.3, 0.4) is 0 Å². The van der Waals surface area contributed by atoms with Crippen molar-refractivity contribution < 1.29 is 23.1 Å². The second-order valence-corrected chi connectivity index (χ2v) is 6.39. The molecule has 0 spiro atoms. The maximum absolute atomic E-state index is 12.8. The molecule has 0 radical (unpaired) electrons. The fourth-order valence-electron chi connectivity index (χ4n) is 2.76. The first kappa shape index (κ1) is 19.8. The number of amides is 1. The van der Waals surface area contributed by atoms with Crippen LogP contribution in [0.15, 0.2) is 42.5 Å². The number of nitrogens with one attached hydrogen (secondary N) is 2. The van der Waals surface area contributed by atoms with E-state index in [1.165, 1.54) is 25.3 Å². The van der Waals surface area contributed by atoms with Crippen LogP contribution in [-0.4, -0.2) is 29.0 Å². The van der Waals surface area contributed by atoms with Crippen LogP contribution < -0.4 is 5.32 Å². The van der Waals surface area contributed by atoms with E-state index in [1.807, 2.05) is 0 Å². The van der Waals surface area contributed by atoms with Gasteiger partial charge < -0.3 is 15.0 Å². The molecule has 0 bridgehead atoms. The minimum absolute atomic E-state index is 0.117. The molecule has 6 nitrogen and oxygen atoms in total. The number of halogens is 3. The van der Waals surface area contributed by atoms with Crippen LogP contribution in [0.5, 0.6) is 0 Å². The van der Waals surface area contributed by atoms with E-state index < -0.39 is 30.2 Å². The SMILES string of the molecule is COC(=O)CC(NC(=O)c1ccc2nc(C(F)F)[nH]c2c1)c1ccccc1Cl. The zero-order valence-corrected chi connectivity index (χ0v) is 15.5. The zero-order valence-electron chi connectivity index (χ0n) is 14.7. The fraction of sp³-hybridized carbons (Fsp3) is 0.211. The number of rotatable bonds is 6. The van der Waals surface area contributed by atoms with Gasteiger partial charge in [-0.25, -0.2) is 13.8 Å². The summed E-state index contributed by atoms with van der Waals surface area (Å²) in [7, 11) is 1.25. The molecule has 0 saturated heterocycles. The third kappa shape index (κ3) is 4.28. The molecule has 2 N–H and O–H groups in total. The summed E-state index contributed by atoms with van der Waals surface area (Å²) in [5.41, 5.74) is 1.42. The lowest BCUT2D eigenvalue weighted by Gasteiger charge is -2.19. The number of benzene rings is 2. The predicted octanol–water partition coefficient (Wildman–Crippen LogP) is 4.19. The number of carbonyl (C=O) groups is 2. The number of alkyl halides is 2. The molecule has 0 saturated carbocycles. The predicted molar refractivity (Wildman–Crippen MR) is 99.3 cm³/mol. The van der Waals surface area contributed by atoms with E-state index in [4.69, 9.17) is 16.3 Å². The fourth-order valence-corrected chi connectivity index (χ4v) is 3.03. The van der Waals surface area contributed by atoms with Gasteiger partial charge in [-0.15, -0.1) is 0 Å². The summed E-state index contributed by atoms with van der Waals surface area (Å²) in [6, 6.07) is 10.5. The summed E-state index contributed by atoms with van der Waals surface area (Å²) in [6.45, 7) is 0. The van der Waals surface area contributed by atoms with Crippen molar-refractivity contribution in [2.45, 2.75) is 18.9 Å². The molecule has 0 aliphatic carbocycles. The normalized spacial score (nSPS) is 12.2. The lowest BCUT2D eigenvalue weighted by molar-refractivity contribution is -0.141. The number of imidazole rings is 1. The molecule has 146 valence electrons. The summed E-state index contributed by atoms with van der Waals surface area (Å²) in [5.74, 6) is -1.48. The van der Waals surface area contributed by atoms with Gasteiger partial charge in [-0.3, -0.25) is 9.59 Å². The highest BCUT2D eigenvalue weighted by atomic mass is 35.5. The van der Waals surface area contributed by atoms with Crippen LogP contribution in [0.2, 0.25) is 5.02 Å². The van der Waals surface area contributed by atoms with E-state index in [0.29, 0.717) is 21.6 Å². The van der Waals surface area contributed by atoms with Crippen LogP contribution >= 0.6 is 11.6 Å². The van der Waals surface area contributed by atoms with E-state index in [2.05, 4.69) is 15.3 Å². The average molecular weight is 408 g/mol. The molecule has 1 aromatic heterocycles. The van der Waals surface area contributed by atoms with Crippen molar-refractivity contribution in [3.8, 4) is 0 Å². The van der Waals surface area contributed by atoms with Crippen LogP contribution in [0.25, 0.3) is 11.0 Å². The second-order valence-electron chi connectivity index (χ2n) is 5.98. The van der Waals surface area contributed by atoms with Crippen molar-refractivity contribution in [2.24, 2.45) is 0 Å². The summed E-state index contributed by atoms with van der Waals surface area (Å²) in [4.78, 5) is 30.7. The Hall–Kier alpha value is -3.00. The number of H-pyrrole nitrogens is 1. The van der Waals surface area contributed by atoms with Gasteiger partial charge in [-0.05, 0) is 29.8 Å². The lowest BCUT2D eigenvalue weighted by atomic mass is 10.0. The maximum atomic E-state index is 12.8. The number of carbonyl (C=O) groups excluding carboxylic acids is 2. The molecule has 3 aromatic rings. The van der Waals surface area contributed by atoms with Crippen molar-refractivity contribution in [3.63, 3.8) is 0 Å². The van der Waals surface area contributed by atoms with Gasteiger partial charge in [-0.1, -0.05) is 29.8 Å². The third-order valence-corrected chi connectivity index (χ3v) is 4.50. The molecule has 0 fully saturated rings. The summed E-state index contributed by atoms with van der Waals surface area (Å²) >= 11 is 6.20. The minimum atomic E-state index is -2.74. The van der Waals surface area contributed by atoms with Crippen molar-refractivity contribution in [1.29, 1.82) is 0 Å².